The summed E-state index contributed by atoms with van der Waals surface area (Å²) in [6.07, 6.45) is -1.73. The minimum absolute atomic E-state index is 0.0184. The average Bonchev–Trinajstić information content (AvgIpc) is 2.82. The van der Waals surface area contributed by atoms with Crippen molar-refractivity contribution in [3.63, 3.8) is 0 Å². The average molecular weight is 471 g/mol. The van der Waals surface area contributed by atoms with Gasteiger partial charge in [-0.3, -0.25) is 14.6 Å². The molecule has 0 radical (unpaired) electrons. The normalized spacial score (nSPS) is 11.1. The number of carbonyl (C=O) groups excluding carboxylic acids is 2. The monoisotopic (exact) mass is 471 g/mol. The molecule has 0 unspecified atom stereocenters. The highest BCUT2D eigenvalue weighted by molar-refractivity contribution is 5.94. The molecule has 9 heteroatoms. The van der Waals surface area contributed by atoms with Crippen LogP contribution < -0.4 is 15.4 Å². The van der Waals surface area contributed by atoms with Crippen molar-refractivity contribution in [3.8, 4) is 11.5 Å². The highest BCUT2D eigenvalue weighted by atomic mass is 19.4. The Morgan fingerprint density at radius 2 is 1.71 bits per heavy atom. The number of rotatable bonds is 8. The first-order valence-corrected chi connectivity index (χ1v) is 10.6. The summed E-state index contributed by atoms with van der Waals surface area (Å²) in [6.45, 7) is 1.69. The van der Waals surface area contributed by atoms with Gasteiger partial charge in [-0.05, 0) is 61.2 Å². The molecular weight excluding hydrogens is 447 g/mol. The van der Waals surface area contributed by atoms with E-state index >= 15 is 0 Å². The van der Waals surface area contributed by atoms with Crippen molar-refractivity contribution in [1.82, 2.24) is 15.6 Å². The van der Waals surface area contributed by atoms with Gasteiger partial charge in [-0.1, -0.05) is 18.2 Å². The second-order valence-corrected chi connectivity index (χ2v) is 7.59. The van der Waals surface area contributed by atoms with E-state index in [0.29, 0.717) is 30.9 Å². The largest absolute Gasteiger partial charge is 0.457 e. The second-order valence-electron chi connectivity index (χ2n) is 7.59. The molecule has 0 aliphatic rings. The van der Waals surface area contributed by atoms with Crippen molar-refractivity contribution in [1.29, 1.82) is 0 Å². The first-order valence-electron chi connectivity index (χ1n) is 10.6. The molecule has 0 fully saturated rings. The summed E-state index contributed by atoms with van der Waals surface area (Å²) in [5.74, 6) is 0.221. The van der Waals surface area contributed by atoms with Crippen molar-refractivity contribution in [3.05, 3.63) is 88.7 Å². The fourth-order valence-corrected chi connectivity index (χ4v) is 3.25. The molecule has 34 heavy (non-hydrogen) atoms. The number of pyridine rings is 1. The highest BCUT2D eigenvalue weighted by Crippen LogP contribution is 2.32. The number of halogens is 3. The Labute approximate surface area is 195 Å². The van der Waals surface area contributed by atoms with E-state index in [1.165, 1.54) is 32.3 Å². The third-order valence-corrected chi connectivity index (χ3v) is 5.08. The number of carbonyl (C=O) groups is 2. The molecule has 0 atom stereocenters. The van der Waals surface area contributed by atoms with E-state index in [-0.39, 0.29) is 22.7 Å². The van der Waals surface area contributed by atoms with Gasteiger partial charge in [-0.2, -0.15) is 13.2 Å². The van der Waals surface area contributed by atoms with Crippen LogP contribution in [0.5, 0.6) is 11.5 Å². The van der Waals surface area contributed by atoms with Crippen LogP contribution in [0.25, 0.3) is 0 Å². The summed E-state index contributed by atoms with van der Waals surface area (Å²) in [5, 5.41) is 5.16. The Morgan fingerprint density at radius 1 is 0.971 bits per heavy atom. The summed E-state index contributed by atoms with van der Waals surface area (Å²) >= 11 is 0. The predicted molar refractivity (Wildman–Crippen MR) is 121 cm³/mol. The van der Waals surface area contributed by atoms with Crippen LogP contribution in [0.3, 0.4) is 0 Å². The summed E-state index contributed by atoms with van der Waals surface area (Å²) in [7, 11) is 1.52. The van der Waals surface area contributed by atoms with Crippen LogP contribution in [-0.2, 0) is 12.6 Å². The fraction of sp³-hybridized carbons (Fsp3) is 0.240. The first kappa shape index (κ1) is 24.8. The number of nitrogens with zero attached hydrogens (tertiary/aromatic N) is 1. The molecule has 1 aromatic heterocycles. The zero-order valence-corrected chi connectivity index (χ0v) is 18.7. The third kappa shape index (κ3) is 6.57. The molecule has 2 aromatic carbocycles. The lowest BCUT2D eigenvalue weighted by molar-refractivity contribution is -0.138. The zero-order chi connectivity index (χ0) is 24.7. The summed E-state index contributed by atoms with van der Waals surface area (Å²) in [6, 6.07) is 14.1. The number of nitrogens with one attached hydrogen (secondary N) is 2. The minimum Gasteiger partial charge on any atom is -0.457 e. The van der Waals surface area contributed by atoms with Gasteiger partial charge in [0.15, 0.2) is 0 Å². The molecule has 0 bridgehead atoms. The fourth-order valence-electron chi connectivity index (χ4n) is 3.25. The lowest BCUT2D eigenvalue weighted by atomic mass is 10.0. The van der Waals surface area contributed by atoms with Gasteiger partial charge in [-0.15, -0.1) is 0 Å². The molecular formula is C25H24F3N3O3. The van der Waals surface area contributed by atoms with Crippen molar-refractivity contribution in [2.75, 3.05) is 13.6 Å². The molecule has 0 saturated heterocycles. The molecule has 3 rings (SSSR count). The van der Waals surface area contributed by atoms with Gasteiger partial charge in [0.2, 0.25) is 0 Å². The van der Waals surface area contributed by atoms with E-state index in [1.807, 2.05) is 12.1 Å². The van der Waals surface area contributed by atoms with Crippen LogP contribution in [0.1, 0.15) is 44.0 Å². The predicted octanol–water partition coefficient (Wildman–Crippen LogP) is 4.92. The molecule has 3 aromatic rings. The summed E-state index contributed by atoms with van der Waals surface area (Å²) in [4.78, 5) is 27.9. The van der Waals surface area contributed by atoms with Gasteiger partial charge >= 0.3 is 6.18 Å². The van der Waals surface area contributed by atoms with Gasteiger partial charge in [0.25, 0.3) is 11.8 Å². The van der Waals surface area contributed by atoms with Crippen LogP contribution >= 0.6 is 0 Å². The number of hydrogen-bond donors (Lipinski definition) is 2. The van der Waals surface area contributed by atoms with E-state index in [9.17, 15) is 22.8 Å². The van der Waals surface area contributed by atoms with Crippen LogP contribution in [0.4, 0.5) is 13.2 Å². The first-order chi connectivity index (χ1) is 16.2. The van der Waals surface area contributed by atoms with Crippen LogP contribution in [0.2, 0.25) is 0 Å². The van der Waals surface area contributed by atoms with Crippen molar-refractivity contribution in [2.45, 2.75) is 25.9 Å². The van der Waals surface area contributed by atoms with Crippen molar-refractivity contribution < 1.29 is 27.5 Å². The maximum absolute atomic E-state index is 13.0. The number of ether oxygens (including phenoxy) is 1. The highest BCUT2D eigenvalue weighted by Gasteiger charge is 2.32. The van der Waals surface area contributed by atoms with Gasteiger partial charge in [0.05, 0.1) is 5.56 Å². The number of alkyl halides is 3. The maximum Gasteiger partial charge on any atom is 0.416 e. The van der Waals surface area contributed by atoms with E-state index < -0.39 is 17.6 Å². The van der Waals surface area contributed by atoms with Crippen molar-refractivity contribution in [2.24, 2.45) is 0 Å². The number of aryl methyl sites for hydroxylation is 2. The Hall–Kier alpha value is -3.88. The second kappa shape index (κ2) is 10.8. The Kier molecular flexibility index (Phi) is 7.88. The number of benzene rings is 2. The topological polar surface area (TPSA) is 80.3 Å². The van der Waals surface area contributed by atoms with E-state index in [0.717, 1.165) is 11.6 Å². The Morgan fingerprint density at radius 3 is 2.38 bits per heavy atom. The van der Waals surface area contributed by atoms with Gasteiger partial charge < -0.3 is 15.4 Å². The van der Waals surface area contributed by atoms with Gasteiger partial charge in [0, 0.05) is 31.4 Å². The molecule has 2 N–H and O–H groups in total. The van der Waals surface area contributed by atoms with Gasteiger partial charge in [0.1, 0.15) is 17.2 Å². The van der Waals surface area contributed by atoms with E-state index in [2.05, 4.69) is 15.6 Å². The number of hydrogen-bond acceptors (Lipinski definition) is 4. The standard InChI is InChI=1S/C25H24F3N3O3/c1-16-5-8-18(14-21(16)25(26,27)28)23(32)31-12-3-4-17-6-9-19(10-7-17)34-20-11-13-30-22(15-20)24(33)29-2/h5-11,13-15H,3-4,12H2,1-2H3,(H,29,33)(H,31,32). The van der Waals surface area contributed by atoms with Crippen LogP contribution in [0, 0.1) is 6.92 Å². The van der Waals surface area contributed by atoms with Gasteiger partial charge in [-0.25, -0.2) is 0 Å². The van der Waals surface area contributed by atoms with Crippen LogP contribution in [-0.4, -0.2) is 30.4 Å². The quantitative estimate of drug-likeness (QED) is 0.457. The molecule has 1 heterocycles. The molecule has 0 saturated carbocycles. The molecule has 0 spiro atoms. The minimum atomic E-state index is -4.50. The maximum atomic E-state index is 13.0. The van der Waals surface area contributed by atoms with E-state index in [4.69, 9.17) is 4.74 Å². The smallest absolute Gasteiger partial charge is 0.416 e. The Balaban J connectivity index is 1.49. The molecule has 0 aliphatic heterocycles. The van der Waals surface area contributed by atoms with Crippen LogP contribution in [0.15, 0.2) is 60.8 Å². The summed E-state index contributed by atoms with van der Waals surface area (Å²) in [5.41, 5.74) is 0.512. The molecule has 6 nitrogen and oxygen atoms in total. The Bertz CT molecular complexity index is 1160. The van der Waals surface area contributed by atoms with Crippen molar-refractivity contribution >= 4 is 11.8 Å². The zero-order valence-electron chi connectivity index (χ0n) is 18.7. The lowest BCUT2D eigenvalue weighted by Gasteiger charge is -2.12. The molecule has 178 valence electrons. The lowest BCUT2D eigenvalue weighted by Crippen LogP contribution is -2.25. The third-order valence-electron chi connectivity index (χ3n) is 5.08. The number of amides is 2. The molecule has 0 aliphatic carbocycles. The van der Waals surface area contributed by atoms with E-state index in [1.54, 1.807) is 24.3 Å². The summed E-state index contributed by atoms with van der Waals surface area (Å²) < 4.78 is 44.9. The number of aromatic nitrogens is 1. The SMILES string of the molecule is CNC(=O)c1cc(Oc2ccc(CCCNC(=O)c3ccc(C)c(C(F)(F)F)c3)cc2)ccn1. The molecule has 2 amide bonds.